The van der Waals surface area contributed by atoms with Crippen molar-refractivity contribution in [2.24, 2.45) is 0 Å². The lowest BCUT2D eigenvalue weighted by molar-refractivity contribution is 0.102. The van der Waals surface area contributed by atoms with Gasteiger partial charge in [-0.25, -0.2) is 8.42 Å². The number of thioether (sulfide) groups is 1. The molecule has 0 unspecified atom stereocenters. The lowest BCUT2D eigenvalue weighted by atomic mass is 10.1. The maximum atomic E-state index is 12.9. The van der Waals surface area contributed by atoms with Gasteiger partial charge in [-0.15, -0.1) is 11.8 Å². The van der Waals surface area contributed by atoms with Gasteiger partial charge in [0.25, 0.3) is 5.91 Å². The third-order valence-electron chi connectivity index (χ3n) is 4.83. The Morgan fingerprint density at radius 1 is 1.11 bits per heavy atom. The zero-order valence-electron chi connectivity index (χ0n) is 15.9. The summed E-state index contributed by atoms with van der Waals surface area (Å²) in [6.07, 6.45) is 4.72. The Labute approximate surface area is 175 Å². The zero-order chi connectivity index (χ0) is 20.3. The molecular weight excluding hydrogens is 416 g/mol. The largest absolute Gasteiger partial charge is 0.322 e. The van der Waals surface area contributed by atoms with Gasteiger partial charge < -0.3 is 5.32 Å². The Balaban J connectivity index is 1.89. The van der Waals surface area contributed by atoms with Gasteiger partial charge in [-0.3, -0.25) is 4.79 Å². The summed E-state index contributed by atoms with van der Waals surface area (Å²) in [6.45, 7) is 2.90. The number of hydrogen-bond acceptors (Lipinski definition) is 4. The van der Waals surface area contributed by atoms with Crippen molar-refractivity contribution in [3.8, 4) is 0 Å². The number of anilines is 1. The van der Waals surface area contributed by atoms with Crippen molar-refractivity contribution in [2.75, 3.05) is 24.7 Å². The van der Waals surface area contributed by atoms with Gasteiger partial charge in [0.05, 0.1) is 15.5 Å². The van der Waals surface area contributed by atoms with Crippen molar-refractivity contribution < 1.29 is 13.2 Å². The van der Waals surface area contributed by atoms with Crippen LogP contribution in [0, 0.1) is 6.92 Å². The van der Waals surface area contributed by atoms with Crippen LogP contribution in [0.1, 0.15) is 35.2 Å². The molecule has 0 aromatic heterocycles. The molecule has 1 aliphatic rings. The van der Waals surface area contributed by atoms with Crippen molar-refractivity contribution in [3.05, 3.63) is 52.5 Å². The number of aryl methyl sites for hydroxylation is 1. The Kier molecular flexibility index (Phi) is 6.70. The maximum absolute atomic E-state index is 12.9. The number of nitrogens with zero attached hydrogens (tertiary/aromatic N) is 1. The first kappa shape index (κ1) is 21.2. The predicted octanol–water partition coefficient (Wildman–Crippen LogP) is 4.80. The molecule has 1 N–H and O–H groups in total. The van der Waals surface area contributed by atoms with Crippen LogP contribution in [-0.4, -0.2) is 38.0 Å². The van der Waals surface area contributed by atoms with Gasteiger partial charge in [-0.1, -0.05) is 24.1 Å². The van der Waals surface area contributed by atoms with Gasteiger partial charge in [-0.2, -0.15) is 4.31 Å². The number of amides is 1. The van der Waals surface area contributed by atoms with E-state index in [1.54, 1.807) is 24.3 Å². The highest BCUT2D eigenvalue weighted by Gasteiger charge is 2.26. The minimum absolute atomic E-state index is 0.194. The molecule has 5 nitrogen and oxygen atoms in total. The summed E-state index contributed by atoms with van der Waals surface area (Å²) in [4.78, 5) is 13.9. The van der Waals surface area contributed by atoms with E-state index in [0.29, 0.717) is 29.4 Å². The molecule has 0 bridgehead atoms. The molecule has 150 valence electrons. The second-order valence-corrected chi connectivity index (χ2v) is 9.97. The summed E-state index contributed by atoms with van der Waals surface area (Å²) < 4.78 is 27.4. The number of sulfonamides is 1. The Morgan fingerprint density at radius 2 is 1.82 bits per heavy atom. The van der Waals surface area contributed by atoms with Crippen molar-refractivity contribution in [1.29, 1.82) is 0 Å². The third-order valence-corrected chi connectivity index (χ3v) is 7.78. The fourth-order valence-corrected chi connectivity index (χ4v) is 5.33. The average Bonchev–Trinajstić information content (AvgIpc) is 2.70. The van der Waals surface area contributed by atoms with Crippen LogP contribution in [0.3, 0.4) is 0 Å². The second-order valence-electron chi connectivity index (χ2n) is 6.74. The van der Waals surface area contributed by atoms with Crippen LogP contribution in [-0.2, 0) is 10.0 Å². The molecule has 0 aliphatic carbocycles. The van der Waals surface area contributed by atoms with E-state index in [-0.39, 0.29) is 10.8 Å². The number of benzene rings is 2. The fraction of sp³-hybridized carbons (Fsp3) is 0.350. The minimum atomic E-state index is -3.57. The fourth-order valence-electron chi connectivity index (χ4n) is 3.15. The van der Waals surface area contributed by atoms with E-state index < -0.39 is 10.0 Å². The predicted molar refractivity (Wildman–Crippen MR) is 115 cm³/mol. The van der Waals surface area contributed by atoms with Crippen LogP contribution in [0.5, 0.6) is 0 Å². The molecule has 0 atom stereocenters. The van der Waals surface area contributed by atoms with E-state index in [4.69, 9.17) is 11.6 Å². The van der Waals surface area contributed by atoms with E-state index in [9.17, 15) is 13.2 Å². The molecule has 2 aromatic rings. The second kappa shape index (κ2) is 8.86. The molecule has 0 spiro atoms. The molecular formula is C20H23ClN2O3S2. The number of nitrogens with one attached hydrogen (secondary N) is 1. The topological polar surface area (TPSA) is 66.5 Å². The first-order chi connectivity index (χ1) is 13.3. The average molecular weight is 439 g/mol. The molecule has 1 fully saturated rings. The maximum Gasteiger partial charge on any atom is 0.257 e. The number of piperidine rings is 1. The number of carbonyl (C=O) groups excluding carboxylic acids is 1. The van der Waals surface area contributed by atoms with Crippen LogP contribution in [0.4, 0.5) is 5.69 Å². The van der Waals surface area contributed by atoms with E-state index in [1.807, 2.05) is 19.2 Å². The highest BCUT2D eigenvalue weighted by molar-refractivity contribution is 7.98. The highest BCUT2D eigenvalue weighted by Crippen LogP contribution is 2.27. The Hall–Kier alpha value is -1.54. The normalized spacial score (nSPS) is 15.4. The lowest BCUT2D eigenvalue weighted by Gasteiger charge is -2.26. The smallest absolute Gasteiger partial charge is 0.257 e. The number of carbonyl (C=O) groups is 1. The van der Waals surface area contributed by atoms with Crippen LogP contribution < -0.4 is 5.32 Å². The van der Waals surface area contributed by atoms with Crippen LogP contribution >= 0.6 is 23.4 Å². The summed E-state index contributed by atoms with van der Waals surface area (Å²) >= 11 is 7.70. The van der Waals surface area contributed by atoms with Crippen molar-refractivity contribution in [2.45, 2.75) is 36.0 Å². The Morgan fingerprint density at radius 3 is 2.50 bits per heavy atom. The summed E-state index contributed by atoms with van der Waals surface area (Å²) in [7, 11) is -3.57. The summed E-state index contributed by atoms with van der Waals surface area (Å²) in [6, 6.07) is 10.1. The monoisotopic (exact) mass is 438 g/mol. The zero-order valence-corrected chi connectivity index (χ0v) is 18.3. The molecule has 2 aromatic carbocycles. The molecule has 28 heavy (non-hydrogen) atoms. The van der Waals surface area contributed by atoms with Crippen molar-refractivity contribution in [1.82, 2.24) is 4.31 Å². The van der Waals surface area contributed by atoms with Gasteiger partial charge in [0.15, 0.2) is 0 Å². The quantitative estimate of drug-likeness (QED) is 0.681. The number of rotatable bonds is 5. The summed E-state index contributed by atoms with van der Waals surface area (Å²) in [5.74, 6) is -0.364. The molecule has 1 aliphatic heterocycles. The SMILES string of the molecule is CSc1ccc(Cl)c(C(=O)Nc2cc(S(=O)(=O)N3CCCCC3)ccc2C)c1. The van der Waals surface area contributed by atoms with Gasteiger partial charge in [0, 0.05) is 23.7 Å². The summed E-state index contributed by atoms with van der Waals surface area (Å²) in [5.41, 5.74) is 1.61. The van der Waals surface area contributed by atoms with E-state index >= 15 is 0 Å². The van der Waals surface area contributed by atoms with E-state index in [1.165, 1.54) is 22.1 Å². The van der Waals surface area contributed by atoms with Gasteiger partial charge >= 0.3 is 0 Å². The first-order valence-corrected chi connectivity index (χ1v) is 12.1. The molecule has 3 rings (SSSR count). The molecule has 1 amide bonds. The minimum Gasteiger partial charge on any atom is -0.322 e. The molecule has 1 saturated heterocycles. The highest BCUT2D eigenvalue weighted by atomic mass is 35.5. The number of halogens is 1. The Bertz CT molecular complexity index is 987. The lowest BCUT2D eigenvalue weighted by Crippen LogP contribution is -2.35. The standard InChI is InChI=1S/C20H23ClN2O3S2/c1-14-6-8-16(28(25,26)23-10-4-3-5-11-23)13-19(14)22-20(24)17-12-15(27-2)7-9-18(17)21/h6-9,12-13H,3-5,10-11H2,1-2H3,(H,22,24). The van der Waals surface area contributed by atoms with E-state index in [0.717, 1.165) is 29.7 Å². The van der Waals surface area contributed by atoms with Gasteiger partial charge in [-0.05, 0) is 61.9 Å². The summed E-state index contributed by atoms with van der Waals surface area (Å²) in [5, 5.41) is 3.17. The van der Waals surface area contributed by atoms with E-state index in [2.05, 4.69) is 5.32 Å². The van der Waals surface area contributed by atoms with Crippen molar-refractivity contribution in [3.63, 3.8) is 0 Å². The van der Waals surface area contributed by atoms with Gasteiger partial charge in [0.2, 0.25) is 10.0 Å². The van der Waals surface area contributed by atoms with Crippen LogP contribution in [0.15, 0.2) is 46.2 Å². The van der Waals surface area contributed by atoms with Crippen molar-refractivity contribution >= 4 is 45.0 Å². The molecule has 8 heteroatoms. The first-order valence-electron chi connectivity index (χ1n) is 9.08. The number of hydrogen-bond donors (Lipinski definition) is 1. The molecule has 0 radical (unpaired) electrons. The van der Waals surface area contributed by atoms with Crippen LogP contribution in [0.25, 0.3) is 0 Å². The molecule has 0 saturated carbocycles. The van der Waals surface area contributed by atoms with Crippen LogP contribution in [0.2, 0.25) is 5.02 Å². The van der Waals surface area contributed by atoms with Gasteiger partial charge in [0.1, 0.15) is 0 Å². The third kappa shape index (κ3) is 4.54. The molecule has 1 heterocycles.